The predicted octanol–water partition coefficient (Wildman–Crippen LogP) is 2.45. The van der Waals surface area contributed by atoms with Crippen molar-refractivity contribution in [2.24, 2.45) is 5.92 Å². The quantitative estimate of drug-likeness (QED) is 0.843. The van der Waals surface area contributed by atoms with Crippen LogP contribution in [0.1, 0.15) is 31.4 Å². The first-order chi connectivity index (χ1) is 8.16. The lowest BCUT2D eigenvalue weighted by Crippen LogP contribution is -2.37. The number of rotatable bonds is 3. The van der Waals surface area contributed by atoms with Crippen LogP contribution < -0.4 is 5.32 Å². The molecular weight excluding hydrogens is 216 g/mol. The Morgan fingerprint density at radius 1 is 1.47 bits per heavy atom. The van der Waals surface area contributed by atoms with Gasteiger partial charge < -0.3 is 10.4 Å². The number of hydrogen-bond acceptors (Lipinski definition) is 3. The number of pyridine rings is 1. The third-order valence-electron chi connectivity index (χ3n) is 3.33. The second-order valence-electron chi connectivity index (χ2n) is 4.67. The van der Waals surface area contributed by atoms with Gasteiger partial charge in [-0.2, -0.15) is 0 Å². The SMILES string of the molecule is Cc1cc(NC2CCCCC2C(=O)O)ccn1. The minimum absolute atomic E-state index is 0.0445. The van der Waals surface area contributed by atoms with Crippen molar-refractivity contribution in [2.45, 2.75) is 38.6 Å². The van der Waals surface area contributed by atoms with Crippen molar-refractivity contribution >= 4 is 11.7 Å². The van der Waals surface area contributed by atoms with Gasteiger partial charge >= 0.3 is 5.97 Å². The monoisotopic (exact) mass is 234 g/mol. The summed E-state index contributed by atoms with van der Waals surface area (Å²) in [4.78, 5) is 15.3. The number of nitrogens with zero attached hydrogens (tertiary/aromatic N) is 1. The van der Waals surface area contributed by atoms with E-state index in [9.17, 15) is 9.90 Å². The highest BCUT2D eigenvalue weighted by Crippen LogP contribution is 2.27. The summed E-state index contributed by atoms with van der Waals surface area (Å²) in [6.45, 7) is 1.93. The minimum atomic E-state index is -0.687. The Labute approximate surface area is 101 Å². The van der Waals surface area contributed by atoms with Crippen LogP contribution in [0.25, 0.3) is 0 Å². The van der Waals surface area contributed by atoms with E-state index in [0.29, 0.717) is 0 Å². The average Bonchev–Trinajstić information content (AvgIpc) is 2.29. The highest BCUT2D eigenvalue weighted by atomic mass is 16.4. The van der Waals surface area contributed by atoms with Gasteiger partial charge in [-0.25, -0.2) is 0 Å². The van der Waals surface area contributed by atoms with Crippen LogP contribution in [0.4, 0.5) is 5.69 Å². The maximum atomic E-state index is 11.2. The average molecular weight is 234 g/mol. The molecule has 0 radical (unpaired) electrons. The number of carbonyl (C=O) groups is 1. The van der Waals surface area contributed by atoms with Crippen molar-refractivity contribution < 1.29 is 9.90 Å². The molecular formula is C13H18N2O2. The molecule has 4 nitrogen and oxygen atoms in total. The Kier molecular flexibility index (Phi) is 3.61. The first kappa shape index (κ1) is 11.9. The van der Waals surface area contributed by atoms with Gasteiger partial charge in [0.2, 0.25) is 0 Å². The van der Waals surface area contributed by atoms with Gasteiger partial charge in [-0.1, -0.05) is 12.8 Å². The lowest BCUT2D eigenvalue weighted by molar-refractivity contribution is -0.143. The summed E-state index contributed by atoms with van der Waals surface area (Å²) >= 11 is 0. The van der Waals surface area contributed by atoms with Gasteiger partial charge in [-0.05, 0) is 31.9 Å². The van der Waals surface area contributed by atoms with Gasteiger partial charge in [-0.3, -0.25) is 9.78 Å². The van der Waals surface area contributed by atoms with Gasteiger partial charge in [-0.15, -0.1) is 0 Å². The number of nitrogens with one attached hydrogen (secondary N) is 1. The molecule has 1 aliphatic carbocycles. The van der Waals surface area contributed by atoms with E-state index in [2.05, 4.69) is 10.3 Å². The van der Waals surface area contributed by atoms with Crippen molar-refractivity contribution in [3.05, 3.63) is 24.0 Å². The summed E-state index contributed by atoms with van der Waals surface area (Å²) in [5.74, 6) is -0.954. The second kappa shape index (κ2) is 5.17. The van der Waals surface area contributed by atoms with E-state index in [1.54, 1.807) is 6.20 Å². The van der Waals surface area contributed by atoms with E-state index in [4.69, 9.17) is 0 Å². The van der Waals surface area contributed by atoms with Crippen LogP contribution in [0, 0.1) is 12.8 Å². The molecule has 92 valence electrons. The molecule has 17 heavy (non-hydrogen) atoms. The van der Waals surface area contributed by atoms with Crippen LogP contribution in [0.2, 0.25) is 0 Å². The number of carboxylic acid groups (broad SMARTS) is 1. The van der Waals surface area contributed by atoms with Crippen LogP contribution >= 0.6 is 0 Å². The van der Waals surface area contributed by atoms with Crippen molar-refractivity contribution in [1.82, 2.24) is 4.98 Å². The lowest BCUT2D eigenvalue weighted by atomic mass is 9.84. The molecule has 1 fully saturated rings. The predicted molar refractivity (Wildman–Crippen MR) is 66.0 cm³/mol. The third kappa shape index (κ3) is 2.96. The van der Waals surface area contributed by atoms with E-state index in [0.717, 1.165) is 37.1 Å². The molecule has 2 unspecified atom stereocenters. The van der Waals surface area contributed by atoms with Gasteiger partial charge in [0.25, 0.3) is 0 Å². The molecule has 0 amide bonds. The molecule has 2 rings (SSSR count). The van der Waals surface area contributed by atoms with Crippen molar-refractivity contribution in [2.75, 3.05) is 5.32 Å². The van der Waals surface area contributed by atoms with Crippen LogP contribution in [-0.4, -0.2) is 22.1 Å². The fourth-order valence-corrected chi connectivity index (χ4v) is 2.45. The zero-order valence-electron chi connectivity index (χ0n) is 10.0. The van der Waals surface area contributed by atoms with E-state index < -0.39 is 5.97 Å². The second-order valence-corrected chi connectivity index (χ2v) is 4.67. The number of aliphatic carboxylic acids is 1. The van der Waals surface area contributed by atoms with Crippen LogP contribution in [-0.2, 0) is 4.79 Å². The summed E-state index contributed by atoms with van der Waals surface area (Å²) in [7, 11) is 0. The van der Waals surface area contributed by atoms with Crippen LogP contribution in [0.5, 0.6) is 0 Å². The smallest absolute Gasteiger partial charge is 0.308 e. The largest absolute Gasteiger partial charge is 0.481 e. The fraction of sp³-hybridized carbons (Fsp3) is 0.538. The number of aromatic nitrogens is 1. The van der Waals surface area contributed by atoms with Gasteiger partial charge in [0.1, 0.15) is 0 Å². The van der Waals surface area contributed by atoms with Gasteiger partial charge in [0, 0.05) is 23.6 Å². The normalized spacial score (nSPS) is 24.3. The van der Waals surface area contributed by atoms with Gasteiger partial charge in [0.15, 0.2) is 0 Å². The zero-order chi connectivity index (χ0) is 12.3. The van der Waals surface area contributed by atoms with E-state index in [1.165, 1.54) is 0 Å². The van der Waals surface area contributed by atoms with Crippen molar-refractivity contribution in [1.29, 1.82) is 0 Å². The first-order valence-corrected chi connectivity index (χ1v) is 6.09. The molecule has 0 spiro atoms. The Morgan fingerprint density at radius 3 is 2.94 bits per heavy atom. The lowest BCUT2D eigenvalue weighted by Gasteiger charge is -2.30. The van der Waals surface area contributed by atoms with E-state index >= 15 is 0 Å². The number of carboxylic acids is 1. The first-order valence-electron chi connectivity index (χ1n) is 6.09. The maximum absolute atomic E-state index is 11.2. The summed E-state index contributed by atoms with van der Waals surface area (Å²) in [6.07, 6.45) is 5.57. The molecule has 0 aliphatic heterocycles. The van der Waals surface area contributed by atoms with Crippen molar-refractivity contribution in [3.8, 4) is 0 Å². The molecule has 1 aromatic heterocycles. The summed E-state index contributed by atoms with van der Waals surface area (Å²) in [6, 6.07) is 3.89. The van der Waals surface area contributed by atoms with E-state index in [1.807, 2.05) is 19.1 Å². The standard InChI is InChI=1S/C13H18N2O2/c1-9-8-10(6-7-14-9)15-12-5-3-2-4-11(12)13(16)17/h6-8,11-12H,2-5H2,1H3,(H,14,15)(H,16,17). The molecule has 1 saturated carbocycles. The Balaban J connectivity index is 2.08. The summed E-state index contributed by atoms with van der Waals surface area (Å²) < 4.78 is 0. The number of anilines is 1. The topological polar surface area (TPSA) is 62.2 Å². The molecule has 1 aliphatic rings. The van der Waals surface area contributed by atoms with Crippen LogP contribution in [0.15, 0.2) is 18.3 Å². The third-order valence-corrected chi connectivity index (χ3v) is 3.33. The van der Waals surface area contributed by atoms with Gasteiger partial charge in [0.05, 0.1) is 5.92 Å². The molecule has 2 atom stereocenters. The molecule has 4 heteroatoms. The summed E-state index contributed by atoms with van der Waals surface area (Å²) in [5, 5.41) is 12.5. The summed E-state index contributed by atoms with van der Waals surface area (Å²) in [5.41, 5.74) is 1.91. The highest BCUT2D eigenvalue weighted by molar-refractivity contribution is 5.71. The molecule has 0 aromatic carbocycles. The fourth-order valence-electron chi connectivity index (χ4n) is 2.45. The van der Waals surface area contributed by atoms with Crippen molar-refractivity contribution in [3.63, 3.8) is 0 Å². The maximum Gasteiger partial charge on any atom is 0.308 e. The molecule has 1 aromatic rings. The molecule has 0 bridgehead atoms. The highest BCUT2D eigenvalue weighted by Gasteiger charge is 2.30. The molecule has 1 heterocycles. The Bertz CT molecular complexity index is 406. The number of aryl methyl sites for hydroxylation is 1. The Morgan fingerprint density at radius 2 is 2.24 bits per heavy atom. The minimum Gasteiger partial charge on any atom is -0.481 e. The Hall–Kier alpha value is -1.58. The number of hydrogen-bond donors (Lipinski definition) is 2. The molecule has 0 saturated heterocycles. The van der Waals surface area contributed by atoms with Crippen LogP contribution in [0.3, 0.4) is 0 Å². The molecule has 2 N–H and O–H groups in total. The van der Waals surface area contributed by atoms with E-state index in [-0.39, 0.29) is 12.0 Å². The zero-order valence-corrected chi connectivity index (χ0v) is 10.0.